The summed E-state index contributed by atoms with van der Waals surface area (Å²) in [7, 11) is -3.87. The molecule has 0 radical (unpaired) electrons. The van der Waals surface area contributed by atoms with Crippen molar-refractivity contribution in [3.8, 4) is 11.5 Å². The molecule has 0 fully saturated rings. The Balaban J connectivity index is 2.27. The Hall–Kier alpha value is -1.80. The number of likely N-dealkylation sites (N-methyl/N-ethyl adjacent to an activating group) is 1. The number of sulfonamides is 1. The SMILES string of the molecule is CCN(CC)C(=O)[C@H](NS(=O)(=O)c1ccc2c(c1)OCCO2)C(C)C. The molecular weight excluding hydrogens is 344 g/mol. The molecule has 1 aliphatic rings. The van der Waals surface area contributed by atoms with E-state index in [1.54, 1.807) is 11.0 Å². The molecule has 2 rings (SSSR count). The number of fused-ring (bicyclic) bond motifs is 1. The highest BCUT2D eigenvalue weighted by Gasteiger charge is 2.31. The fourth-order valence-corrected chi connectivity index (χ4v) is 3.98. The molecule has 0 saturated heterocycles. The van der Waals surface area contributed by atoms with Crippen LogP contribution in [0.25, 0.3) is 0 Å². The average Bonchev–Trinajstić information content (AvgIpc) is 2.60. The quantitative estimate of drug-likeness (QED) is 0.788. The van der Waals surface area contributed by atoms with Crippen LogP contribution in [0.3, 0.4) is 0 Å². The minimum absolute atomic E-state index is 0.0507. The van der Waals surface area contributed by atoms with E-state index in [4.69, 9.17) is 9.47 Å². The lowest BCUT2D eigenvalue weighted by Gasteiger charge is -2.28. The molecule has 7 nitrogen and oxygen atoms in total. The van der Waals surface area contributed by atoms with Gasteiger partial charge in [-0.15, -0.1) is 0 Å². The maximum atomic E-state index is 12.8. The molecule has 140 valence electrons. The van der Waals surface area contributed by atoms with Crippen LogP contribution in [-0.4, -0.2) is 51.6 Å². The number of ether oxygens (including phenoxy) is 2. The fourth-order valence-electron chi connectivity index (χ4n) is 2.63. The molecule has 1 aromatic rings. The first-order valence-electron chi connectivity index (χ1n) is 8.50. The molecule has 0 aromatic heterocycles. The minimum atomic E-state index is -3.87. The van der Waals surface area contributed by atoms with E-state index in [-0.39, 0.29) is 16.7 Å². The summed E-state index contributed by atoms with van der Waals surface area (Å²) < 4.78 is 38.9. The molecule has 1 amide bonds. The van der Waals surface area contributed by atoms with Crippen molar-refractivity contribution >= 4 is 15.9 Å². The van der Waals surface area contributed by atoms with Gasteiger partial charge >= 0.3 is 0 Å². The largest absolute Gasteiger partial charge is 0.486 e. The fraction of sp³-hybridized carbons (Fsp3) is 0.588. The van der Waals surface area contributed by atoms with E-state index < -0.39 is 16.1 Å². The number of carbonyl (C=O) groups excluding carboxylic acids is 1. The molecule has 25 heavy (non-hydrogen) atoms. The van der Waals surface area contributed by atoms with Crippen LogP contribution >= 0.6 is 0 Å². The molecule has 1 N–H and O–H groups in total. The Morgan fingerprint density at radius 3 is 2.32 bits per heavy atom. The van der Waals surface area contributed by atoms with Gasteiger partial charge in [0.15, 0.2) is 11.5 Å². The zero-order valence-corrected chi connectivity index (χ0v) is 15.9. The van der Waals surface area contributed by atoms with E-state index in [0.717, 1.165) is 0 Å². The highest BCUT2D eigenvalue weighted by molar-refractivity contribution is 7.89. The van der Waals surface area contributed by atoms with Gasteiger partial charge in [-0.3, -0.25) is 4.79 Å². The van der Waals surface area contributed by atoms with Crippen molar-refractivity contribution in [1.82, 2.24) is 9.62 Å². The number of benzene rings is 1. The second kappa shape index (κ2) is 8.05. The number of amides is 1. The van der Waals surface area contributed by atoms with Crippen LogP contribution in [-0.2, 0) is 14.8 Å². The van der Waals surface area contributed by atoms with E-state index in [9.17, 15) is 13.2 Å². The molecule has 8 heteroatoms. The summed E-state index contributed by atoms with van der Waals surface area (Å²) in [4.78, 5) is 14.3. The molecule has 0 bridgehead atoms. The first kappa shape index (κ1) is 19.5. The second-order valence-corrected chi connectivity index (χ2v) is 7.87. The summed E-state index contributed by atoms with van der Waals surface area (Å²) in [5.41, 5.74) is 0. The van der Waals surface area contributed by atoms with Gasteiger partial charge < -0.3 is 14.4 Å². The van der Waals surface area contributed by atoms with Crippen LogP contribution < -0.4 is 14.2 Å². The van der Waals surface area contributed by atoms with Gasteiger partial charge in [-0.05, 0) is 31.9 Å². The molecular formula is C17H26N2O5S. The van der Waals surface area contributed by atoms with Gasteiger partial charge in [0, 0.05) is 19.2 Å². The number of hydrogen-bond donors (Lipinski definition) is 1. The van der Waals surface area contributed by atoms with Crippen molar-refractivity contribution < 1.29 is 22.7 Å². The third-order valence-corrected chi connectivity index (χ3v) is 5.55. The highest BCUT2D eigenvalue weighted by Crippen LogP contribution is 2.32. The van der Waals surface area contributed by atoms with Gasteiger partial charge in [0.1, 0.15) is 19.3 Å². The Kier molecular flexibility index (Phi) is 6.29. The lowest BCUT2D eigenvalue weighted by atomic mass is 10.0. The minimum Gasteiger partial charge on any atom is -0.486 e. The van der Waals surface area contributed by atoms with Gasteiger partial charge in [0.2, 0.25) is 15.9 Å². The van der Waals surface area contributed by atoms with Gasteiger partial charge in [0.25, 0.3) is 0 Å². The van der Waals surface area contributed by atoms with Crippen molar-refractivity contribution in [2.75, 3.05) is 26.3 Å². The van der Waals surface area contributed by atoms with E-state index in [1.807, 2.05) is 27.7 Å². The summed E-state index contributed by atoms with van der Waals surface area (Å²) in [5.74, 6) is 0.510. The predicted molar refractivity (Wildman–Crippen MR) is 94.3 cm³/mol. The van der Waals surface area contributed by atoms with E-state index >= 15 is 0 Å². The number of hydrogen-bond acceptors (Lipinski definition) is 5. The number of carbonyl (C=O) groups is 1. The molecule has 0 saturated carbocycles. The third-order valence-electron chi connectivity index (χ3n) is 4.11. The Morgan fingerprint density at radius 2 is 1.76 bits per heavy atom. The van der Waals surface area contributed by atoms with Crippen molar-refractivity contribution in [3.05, 3.63) is 18.2 Å². The third kappa shape index (κ3) is 4.43. The van der Waals surface area contributed by atoms with Crippen molar-refractivity contribution in [2.45, 2.75) is 38.6 Å². The number of nitrogens with one attached hydrogen (secondary N) is 1. The smallest absolute Gasteiger partial charge is 0.241 e. The van der Waals surface area contributed by atoms with E-state index in [0.29, 0.717) is 37.8 Å². The monoisotopic (exact) mass is 370 g/mol. The van der Waals surface area contributed by atoms with E-state index in [1.165, 1.54) is 12.1 Å². The molecule has 1 aliphatic heterocycles. The second-order valence-electron chi connectivity index (χ2n) is 6.16. The molecule has 0 spiro atoms. The van der Waals surface area contributed by atoms with E-state index in [2.05, 4.69) is 4.72 Å². The summed E-state index contributed by atoms with van der Waals surface area (Å²) in [6, 6.07) is 3.63. The molecule has 1 atom stereocenters. The first-order valence-corrected chi connectivity index (χ1v) is 9.99. The summed E-state index contributed by atoms with van der Waals surface area (Å²) >= 11 is 0. The summed E-state index contributed by atoms with van der Waals surface area (Å²) in [5, 5.41) is 0. The van der Waals surface area contributed by atoms with Crippen molar-refractivity contribution in [3.63, 3.8) is 0 Å². The lowest BCUT2D eigenvalue weighted by molar-refractivity contribution is -0.133. The molecule has 1 heterocycles. The molecule has 0 unspecified atom stereocenters. The number of nitrogens with zero attached hydrogens (tertiary/aromatic N) is 1. The highest BCUT2D eigenvalue weighted by atomic mass is 32.2. The zero-order chi connectivity index (χ0) is 18.6. The van der Waals surface area contributed by atoms with Crippen LogP contribution in [0.4, 0.5) is 0 Å². The standard InChI is InChI=1S/C17H26N2O5S/c1-5-19(6-2)17(20)16(12(3)4)18-25(21,22)13-7-8-14-15(11-13)24-10-9-23-14/h7-8,11-12,16,18H,5-6,9-10H2,1-4H3/t16-/m1/s1. The maximum absolute atomic E-state index is 12.8. The number of rotatable bonds is 7. The van der Waals surface area contributed by atoms with Crippen molar-refractivity contribution in [2.24, 2.45) is 5.92 Å². The van der Waals surface area contributed by atoms with Crippen molar-refractivity contribution in [1.29, 1.82) is 0 Å². The molecule has 1 aromatic carbocycles. The van der Waals surface area contributed by atoms with Crippen LogP contribution in [0.5, 0.6) is 11.5 Å². The average molecular weight is 370 g/mol. The van der Waals surface area contributed by atoms with Crippen LogP contribution in [0.15, 0.2) is 23.1 Å². The van der Waals surface area contributed by atoms with Gasteiger partial charge in [-0.1, -0.05) is 13.8 Å². The van der Waals surface area contributed by atoms with Crippen LogP contribution in [0, 0.1) is 5.92 Å². The van der Waals surface area contributed by atoms with Crippen LogP contribution in [0.1, 0.15) is 27.7 Å². The lowest BCUT2D eigenvalue weighted by Crippen LogP contribution is -2.51. The van der Waals surface area contributed by atoms with Gasteiger partial charge in [-0.2, -0.15) is 4.72 Å². The Labute approximate surface area is 149 Å². The van der Waals surface area contributed by atoms with Gasteiger partial charge in [-0.25, -0.2) is 8.42 Å². The van der Waals surface area contributed by atoms with Gasteiger partial charge in [0.05, 0.1) is 4.90 Å². The normalized spacial score (nSPS) is 15.1. The summed E-state index contributed by atoms with van der Waals surface area (Å²) in [6.07, 6.45) is 0. The Morgan fingerprint density at radius 1 is 1.16 bits per heavy atom. The Bertz CT molecular complexity index is 714. The molecule has 0 aliphatic carbocycles. The maximum Gasteiger partial charge on any atom is 0.241 e. The topological polar surface area (TPSA) is 84.9 Å². The summed E-state index contributed by atoms with van der Waals surface area (Å²) in [6.45, 7) is 9.25. The predicted octanol–water partition coefficient (Wildman–Crippen LogP) is 1.63. The first-order chi connectivity index (χ1) is 11.8. The van der Waals surface area contributed by atoms with Crippen LogP contribution in [0.2, 0.25) is 0 Å². The zero-order valence-electron chi connectivity index (χ0n) is 15.1.